The Bertz CT molecular complexity index is 1480. The normalized spacial score (nSPS) is 18.3. The van der Waals surface area contributed by atoms with Crippen LogP contribution in [-0.4, -0.2) is 67.4 Å². The van der Waals surface area contributed by atoms with Crippen molar-refractivity contribution in [1.29, 1.82) is 0 Å². The van der Waals surface area contributed by atoms with Crippen LogP contribution in [0.1, 0.15) is 29.8 Å². The van der Waals surface area contributed by atoms with Crippen molar-refractivity contribution in [3.8, 4) is 11.1 Å². The number of ether oxygens (including phenoxy) is 1. The van der Waals surface area contributed by atoms with Crippen molar-refractivity contribution in [2.45, 2.75) is 25.9 Å². The van der Waals surface area contributed by atoms with E-state index in [1.807, 2.05) is 24.2 Å². The van der Waals surface area contributed by atoms with E-state index in [1.165, 1.54) is 21.6 Å². The molecule has 0 saturated carbocycles. The molecule has 1 amide bonds. The summed E-state index contributed by atoms with van der Waals surface area (Å²) in [6, 6.07) is 17.3. The van der Waals surface area contributed by atoms with Gasteiger partial charge < -0.3 is 25.2 Å². The van der Waals surface area contributed by atoms with Crippen molar-refractivity contribution >= 4 is 39.5 Å². The highest BCUT2D eigenvalue weighted by Gasteiger charge is 2.30. The molecule has 2 saturated heterocycles. The fourth-order valence-electron chi connectivity index (χ4n) is 5.70. The molecule has 2 aromatic heterocycles. The van der Waals surface area contributed by atoms with E-state index < -0.39 is 0 Å². The fraction of sp³-hybridized carbons (Fsp3) is 0.387. The molecular formula is C31H36N6O2S. The molecule has 2 aliphatic heterocycles. The number of carbonyl (C=O) groups is 1. The molecule has 0 aliphatic carbocycles. The maximum absolute atomic E-state index is 12.8. The summed E-state index contributed by atoms with van der Waals surface area (Å²) in [5, 5.41) is 18.9. The Hall–Kier alpha value is -3.53. The lowest BCUT2D eigenvalue weighted by molar-refractivity contribution is -0.135. The van der Waals surface area contributed by atoms with Gasteiger partial charge >= 0.3 is 0 Å². The van der Waals surface area contributed by atoms with E-state index >= 15 is 0 Å². The van der Waals surface area contributed by atoms with E-state index in [4.69, 9.17) is 4.74 Å². The minimum atomic E-state index is 0.0314. The zero-order valence-corrected chi connectivity index (χ0v) is 23.9. The smallest absolute Gasteiger partial charge is 0.228 e. The Morgan fingerprint density at radius 1 is 1.15 bits per heavy atom. The van der Waals surface area contributed by atoms with Gasteiger partial charge in [0, 0.05) is 55.3 Å². The lowest BCUT2D eigenvalue weighted by Crippen LogP contribution is -2.50. The predicted molar refractivity (Wildman–Crippen MR) is 162 cm³/mol. The number of amides is 1. The average molecular weight is 557 g/mol. The highest BCUT2D eigenvalue weighted by molar-refractivity contribution is 7.10. The quantitative estimate of drug-likeness (QED) is 0.318. The van der Waals surface area contributed by atoms with Gasteiger partial charge in [0.1, 0.15) is 0 Å². The Kier molecular flexibility index (Phi) is 7.95. The number of rotatable bonds is 8. The predicted octanol–water partition coefficient (Wildman–Crippen LogP) is 4.94. The van der Waals surface area contributed by atoms with Crippen molar-refractivity contribution in [2.75, 3.05) is 56.7 Å². The molecule has 4 heterocycles. The Labute approximate surface area is 239 Å². The topological polar surface area (TPSA) is 82.6 Å². The summed E-state index contributed by atoms with van der Waals surface area (Å²) in [7, 11) is 1.98. The second-order valence-electron chi connectivity index (χ2n) is 10.6. The molecule has 0 bridgehead atoms. The number of nitrogens with one attached hydrogen (secondary N) is 2. The van der Waals surface area contributed by atoms with Gasteiger partial charge in [-0.25, -0.2) is 0 Å². The molecule has 2 atom stereocenters. The van der Waals surface area contributed by atoms with Gasteiger partial charge in [-0.05, 0) is 66.7 Å². The van der Waals surface area contributed by atoms with E-state index in [0.29, 0.717) is 13.2 Å². The maximum Gasteiger partial charge on any atom is 0.228 e. The monoisotopic (exact) mass is 556 g/mol. The molecule has 0 radical (unpaired) electrons. The second kappa shape index (κ2) is 11.9. The van der Waals surface area contributed by atoms with Gasteiger partial charge in [0.25, 0.3) is 0 Å². The number of aromatic nitrogens is 2. The number of fused-ring (bicyclic) bond motifs is 1. The Morgan fingerprint density at radius 2 is 2.00 bits per heavy atom. The number of thiophene rings is 1. The largest absolute Gasteiger partial charge is 0.381 e. The van der Waals surface area contributed by atoms with Gasteiger partial charge in [-0.1, -0.05) is 24.3 Å². The first kappa shape index (κ1) is 26.7. The van der Waals surface area contributed by atoms with Crippen molar-refractivity contribution in [3.05, 3.63) is 70.5 Å². The van der Waals surface area contributed by atoms with Crippen LogP contribution in [0.5, 0.6) is 0 Å². The van der Waals surface area contributed by atoms with E-state index in [1.54, 1.807) is 11.3 Å². The molecule has 8 nitrogen and oxygen atoms in total. The number of piperazine rings is 1. The number of hydrogen-bond acceptors (Lipinski definition) is 8. The number of benzene rings is 2. The molecule has 2 aromatic carbocycles. The van der Waals surface area contributed by atoms with Crippen molar-refractivity contribution in [1.82, 2.24) is 20.4 Å². The molecule has 0 spiro atoms. The lowest BCUT2D eigenvalue weighted by atomic mass is 10.0. The van der Waals surface area contributed by atoms with Crippen LogP contribution < -0.4 is 15.5 Å². The summed E-state index contributed by atoms with van der Waals surface area (Å²) < 4.78 is 5.43. The summed E-state index contributed by atoms with van der Waals surface area (Å²) in [4.78, 5) is 18.4. The van der Waals surface area contributed by atoms with Crippen LogP contribution in [0.3, 0.4) is 0 Å². The van der Waals surface area contributed by atoms with Crippen molar-refractivity contribution in [2.24, 2.45) is 5.92 Å². The van der Waals surface area contributed by atoms with Crippen LogP contribution in [0.2, 0.25) is 0 Å². The van der Waals surface area contributed by atoms with Crippen LogP contribution in [-0.2, 0) is 16.1 Å². The fourth-order valence-corrected chi connectivity index (χ4v) is 6.62. The van der Waals surface area contributed by atoms with Gasteiger partial charge in [-0.3, -0.25) is 4.79 Å². The van der Waals surface area contributed by atoms with Gasteiger partial charge in [0.15, 0.2) is 0 Å². The third kappa shape index (κ3) is 5.54. The first-order chi connectivity index (χ1) is 19.6. The highest BCUT2D eigenvalue weighted by atomic mass is 32.1. The standard InChI is InChI=1S/C31H36N6O2S/c1-21(30-15-24(20-40-30)26-6-4-3-5-22(26)17-32-2)34-29-18-33-35-28-8-7-25(16-27(28)29)36-10-12-37(13-11-36)31(38)23-9-14-39-19-23/h3-8,15-16,18,20-21,23,32H,9-14,17,19H2,1-2H3,(H,34,35)/t21-,23?/m1/s1. The summed E-state index contributed by atoms with van der Waals surface area (Å²) in [6.07, 6.45) is 2.66. The van der Waals surface area contributed by atoms with Crippen molar-refractivity contribution in [3.63, 3.8) is 0 Å². The zero-order chi connectivity index (χ0) is 27.5. The lowest BCUT2D eigenvalue weighted by Gasteiger charge is -2.37. The summed E-state index contributed by atoms with van der Waals surface area (Å²) in [5.41, 5.74) is 6.79. The van der Waals surface area contributed by atoms with Gasteiger partial charge in [0.05, 0.1) is 36.0 Å². The van der Waals surface area contributed by atoms with E-state index in [0.717, 1.165) is 61.4 Å². The molecule has 6 rings (SSSR count). The van der Waals surface area contributed by atoms with Gasteiger partial charge in [0.2, 0.25) is 5.91 Å². The minimum absolute atomic E-state index is 0.0314. The van der Waals surface area contributed by atoms with Gasteiger partial charge in [-0.15, -0.1) is 11.3 Å². The third-order valence-corrected chi connectivity index (χ3v) is 9.09. The zero-order valence-electron chi connectivity index (χ0n) is 23.1. The number of carbonyl (C=O) groups excluding carboxylic acids is 1. The second-order valence-corrected chi connectivity index (χ2v) is 11.6. The van der Waals surface area contributed by atoms with E-state index in [-0.39, 0.29) is 17.9 Å². The van der Waals surface area contributed by atoms with Crippen LogP contribution in [0.4, 0.5) is 11.4 Å². The van der Waals surface area contributed by atoms with Crippen LogP contribution in [0.15, 0.2) is 60.1 Å². The molecule has 40 heavy (non-hydrogen) atoms. The summed E-state index contributed by atoms with van der Waals surface area (Å²) in [6.45, 7) is 7.40. The Morgan fingerprint density at radius 3 is 2.80 bits per heavy atom. The van der Waals surface area contributed by atoms with E-state index in [2.05, 4.69) is 80.5 Å². The van der Waals surface area contributed by atoms with Crippen LogP contribution in [0, 0.1) is 5.92 Å². The minimum Gasteiger partial charge on any atom is -0.381 e. The number of anilines is 2. The Balaban J connectivity index is 1.17. The molecule has 2 N–H and O–H groups in total. The number of hydrogen-bond donors (Lipinski definition) is 2. The van der Waals surface area contributed by atoms with E-state index in [9.17, 15) is 4.79 Å². The van der Waals surface area contributed by atoms with Crippen LogP contribution in [0.25, 0.3) is 22.0 Å². The first-order valence-corrected chi connectivity index (χ1v) is 14.9. The average Bonchev–Trinajstić information content (AvgIpc) is 3.71. The molecule has 4 aromatic rings. The third-order valence-electron chi connectivity index (χ3n) is 7.97. The SMILES string of the molecule is CNCc1ccccc1-c1csc([C@@H](C)Nc2cnnc3ccc(N4CCN(C(=O)C5CCOC5)CC4)cc23)c1. The van der Waals surface area contributed by atoms with Gasteiger partial charge in [-0.2, -0.15) is 10.2 Å². The molecule has 9 heteroatoms. The molecular weight excluding hydrogens is 520 g/mol. The molecule has 1 unspecified atom stereocenters. The highest BCUT2D eigenvalue weighted by Crippen LogP contribution is 2.34. The first-order valence-electron chi connectivity index (χ1n) is 14.1. The van der Waals surface area contributed by atoms with Crippen LogP contribution >= 0.6 is 11.3 Å². The van der Waals surface area contributed by atoms with Crippen molar-refractivity contribution < 1.29 is 9.53 Å². The summed E-state index contributed by atoms with van der Waals surface area (Å²) in [5.74, 6) is 0.276. The molecule has 208 valence electrons. The summed E-state index contributed by atoms with van der Waals surface area (Å²) >= 11 is 1.77. The molecule has 2 fully saturated rings. The maximum atomic E-state index is 12.8. The number of nitrogens with zero attached hydrogens (tertiary/aromatic N) is 4. The molecule has 2 aliphatic rings.